The van der Waals surface area contributed by atoms with Gasteiger partial charge in [0, 0.05) is 0 Å². The molecule has 35 heavy (non-hydrogen) atoms. The van der Waals surface area contributed by atoms with Crippen LogP contribution in [0.25, 0.3) is 0 Å². The molecule has 0 amide bonds. The Morgan fingerprint density at radius 2 is 1.17 bits per heavy atom. The van der Waals surface area contributed by atoms with Crippen molar-refractivity contribution in [2.75, 3.05) is 13.2 Å². The van der Waals surface area contributed by atoms with Crippen molar-refractivity contribution in [2.24, 2.45) is 0 Å². The van der Waals surface area contributed by atoms with E-state index < -0.39 is 33.9 Å². The fourth-order valence-electron chi connectivity index (χ4n) is 3.56. The average Bonchev–Trinajstić information content (AvgIpc) is 2.81. The zero-order valence-electron chi connectivity index (χ0n) is 21.8. The molecule has 0 saturated heterocycles. The number of rotatable bonds is 19. The Kier molecular flexibility index (Phi) is 19.6. The molecule has 9 heteroatoms. The van der Waals surface area contributed by atoms with Crippen LogP contribution in [0.2, 0.25) is 0 Å². The Bertz CT molecular complexity index is 827. The number of benzene rings is 1. The van der Waals surface area contributed by atoms with Crippen molar-refractivity contribution >= 4 is 22.1 Å². The number of carbonyl (C=O) groups is 2. The minimum absolute atomic E-state index is 0. The van der Waals surface area contributed by atoms with E-state index in [1.807, 2.05) is 0 Å². The van der Waals surface area contributed by atoms with Crippen LogP contribution in [0.15, 0.2) is 24.3 Å². The third kappa shape index (κ3) is 15.7. The van der Waals surface area contributed by atoms with Crippen LogP contribution in [0.1, 0.15) is 118 Å². The van der Waals surface area contributed by atoms with Gasteiger partial charge in [-0.2, -0.15) is 0 Å². The SMILES string of the molecule is CCCCCCCCCCCCCCCOC(=O)c1ccccc1C(=O)OCC(C)S(=O)(=O)[O-].[Na+]. The van der Waals surface area contributed by atoms with E-state index in [0.717, 1.165) is 26.2 Å². The van der Waals surface area contributed by atoms with E-state index in [9.17, 15) is 22.6 Å². The molecule has 1 unspecified atom stereocenters. The minimum atomic E-state index is -4.56. The largest absolute Gasteiger partial charge is 1.00 e. The summed E-state index contributed by atoms with van der Waals surface area (Å²) in [6, 6.07) is 6.02. The first-order valence-electron chi connectivity index (χ1n) is 12.6. The summed E-state index contributed by atoms with van der Waals surface area (Å²) in [6.07, 6.45) is 16.0. The molecular formula is C26H41NaO7S. The van der Waals surface area contributed by atoms with Crippen molar-refractivity contribution in [3.63, 3.8) is 0 Å². The van der Waals surface area contributed by atoms with Gasteiger partial charge in [0.1, 0.15) is 16.7 Å². The fourth-order valence-corrected chi connectivity index (χ4v) is 3.79. The van der Waals surface area contributed by atoms with Gasteiger partial charge in [-0.05, 0) is 25.5 Å². The van der Waals surface area contributed by atoms with Crippen molar-refractivity contribution in [3.8, 4) is 0 Å². The summed E-state index contributed by atoms with van der Waals surface area (Å²) < 4.78 is 43.1. The van der Waals surface area contributed by atoms with E-state index in [1.165, 1.54) is 76.3 Å². The molecule has 0 heterocycles. The van der Waals surface area contributed by atoms with Gasteiger partial charge in [-0.15, -0.1) is 0 Å². The van der Waals surface area contributed by atoms with Crippen LogP contribution in [0.3, 0.4) is 0 Å². The first kappa shape index (κ1) is 34.1. The molecule has 1 aromatic rings. The number of ether oxygens (including phenoxy) is 2. The predicted octanol–water partition coefficient (Wildman–Crippen LogP) is 3.03. The summed E-state index contributed by atoms with van der Waals surface area (Å²) in [7, 11) is -4.56. The van der Waals surface area contributed by atoms with Crippen molar-refractivity contribution in [3.05, 3.63) is 35.4 Å². The molecule has 194 valence electrons. The second-order valence-corrected chi connectivity index (χ2v) is 10.6. The second kappa shape index (κ2) is 20.2. The maximum absolute atomic E-state index is 12.4. The molecule has 0 saturated carbocycles. The molecule has 0 aliphatic carbocycles. The Morgan fingerprint density at radius 1 is 0.771 bits per heavy atom. The van der Waals surface area contributed by atoms with Crippen LogP contribution in [0, 0.1) is 0 Å². The summed E-state index contributed by atoms with van der Waals surface area (Å²) >= 11 is 0. The van der Waals surface area contributed by atoms with Crippen LogP contribution in [0.5, 0.6) is 0 Å². The Hall–Kier alpha value is -0.930. The summed E-state index contributed by atoms with van der Waals surface area (Å²) in [5.41, 5.74) is 0.0354. The van der Waals surface area contributed by atoms with E-state index >= 15 is 0 Å². The average molecular weight is 521 g/mol. The molecule has 0 aliphatic rings. The number of unbranched alkanes of at least 4 members (excludes halogenated alkanes) is 12. The van der Waals surface area contributed by atoms with Crippen LogP contribution in [0.4, 0.5) is 0 Å². The Labute approximate surface area is 233 Å². The van der Waals surface area contributed by atoms with Gasteiger partial charge < -0.3 is 14.0 Å². The molecule has 0 spiro atoms. The topological polar surface area (TPSA) is 110 Å². The smallest absolute Gasteiger partial charge is 0.748 e. The molecule has 0 bridgehead atoms. The molecule has 0 aliphatic heterocycles. The van der Waals surface area contributed by atoms with Gasteiger partial charge in [0.15, 0.2) is 0 Å². The van der Waals surface area contributed by atoms with E-state index in [4.69, 9.17) is 9.47 Å². The number of esters is 2. The van der Waals surface area contributed by atoms with E-state index in [2.05, 4.69) is 6.92 Å². The van der Waals surface area contributed by atoms with Crippen LogP contribution < -0.4 is 29.6 Å². The predicted molar refractivity (Wildman–Crippen MR) is 132 cm³/mol. The molecule has 1 rings (SSSR count). The van der Waals surface area contributed by atoms with Crippen molar-refractivity contribution in [1.82, 2.24) is 0 Å². The third-order valence-corrected chi connectivity index (χ3v) is 6.91. The molecule has 0 fully saturated rings. The second-order valence-electron chi connectivity index (χ2n) is 8.83. The quantitative estimate of drug-likeness (QED) is 0.119. The summed E-state index contributed by atoms with van der Waals surface area (Å²) in [5.74, 6) is -1.50. The van der Waals surface area contributed by atoms with Crippen molar-refractivity contribution in [1.29, 1.82) is 0 Å². The van der Waals surface area contributed by atoms with Gasteiger partial charge >= 0.3 is 41.5 Å². The third-order valence-electron chi connectivity index (χ3n) is 5.79. The Morgan fingerprint density at radius 3 is 1.60 bits per heavy atom. The summed E-state index contributed by atoms with van der Waals surface area (Å²) in [5, 5.41) is -1.37. The molecule has 1 aromatic carbocycles. The van der Waals surface area contributed by atoms with Gasteiger partial charge in [0.05, 0.1) is 23.0 Å². The summed E-state index contributed by atoms with van der Waals surface area (Å²) in [6.45, 7) is 3.09. The zero-order valence-corrected chi connectivity index (χ0v) is 24.6. The first-order chi connectivity index (χ1) is 16.3. The van der Waals surface area contributed by atoms with Crippen LogP contribution >= 0.6 is 0 Å². The van der Waals surface area contributed by atoms with Crippen molar-refractivity contribution < 1.29 is 61.6 Å². The molecular weight excluding hydrogens is 479 g/mol. The molecule has 0 radical (unpaired) electrons. The van der Waals surface area contributed by atoms with Crippen molar-refractivity contribution in [2.45, 2.75) is 103 Å². The maximum atomic E-state index is 12.4. The van der Waals surface area contributed by atoms with Crippen LogP contribution in [-0.4, -0.2) is 43.4 Å². The molecule has 7 nitrogen and oxygen atoms in total. The van der Waals surface area contributed by atoms with E-state index in [0.29, 0.717) is 0 Å². The summed E-state index contributed by atoms with van der Waals surface area (Å²) in [4.78, 5) is 24.7. The fraction of sp³-hybridized carbons (Fsp3) is 0.692. The first-order valence-corrected chi connectivity index (χ1v) is 14.1. The number of carbonyl (C=O) groups excluding carboxylic acids is 2. The van der Waals surface area contributed by atoms with Gasteiger partial charge in [0.2, 0.25) is 0 Å². The monoisotopic (exact) mass is 520 g/mol. The van der Waals surface area contributed by atoms with Gasteiger partial charge in [-0.25, -0.2) is 18.0 Å². The Balaban J connectivity index is 0.0000116. The normalized spacial score (nSPS) is 12.0. The standard InChI is InChI=1S/C26H42O7S.Na/c1-3-4-5-6-7-8-9-10-11-12-13-14-17-20-32-25(27)23-18-15-16-19-24(23)26(28)33-21-22(2)34(29,30)31;/h15-16,18-19,22H,3-14,17,20-21H2,1-2H3,(H,29,30,31);/q;+1/p-1. The van der Waals surface area contributed by atoms with E-state index in [1.54, 1.807) is 12.1 Å². The maximum Gasteiger partial charge on any atom is 1.00 e. The molecule has 1 atom stereocenters. The number of hydrogen-bond donors (Lipinski definition) is 0. The number of hydrogen-bond acceptors (Lipinski definition) is 7. The molecule has 0 N–H and O–H groups in total. The zero-order chi connectivity index (χ0) is 25.2. The van der Waals surface area contributed by atoms with Gasteiger partial charge in [0.25, 0.3) is 0 Å². The van der Waals surface area contributed by atoms with Gasteiger partial charge in [-0.3, -0.25) is 0 Å². The minimum Gasteiger partial charge on any atom is -0.748 e. The van der Waals surface area contributed by atoms with E-state index in [-0.39, 0.29) is 47.3 Å². The van der Waals surface area contributed by atoms with Gasteiger partial charge in [-0.1, -0.05) is 96.1 Å². The molecule has 0 aromatic heterocycles. The van der Waals surface area contributed by atoms with Crippen LogP contribution in [-0.2, 0) is 19.6 Å².